The van der Waals surface area contributed by atoms with Gasteiger partial charge in [-0.05, 0) is 44.2 Å². The second-order valence-corrected chi connectivity index (χ2v) is 9.63. The smallest absolute Gasteiger partial charge is 0.259 e. The molecule has 1 amide bonds. The number of anilines is 1. The number of benzene rings is 2. The maximum atomic E-state index is 13.5. The van der Waals surface area contributed by atoms with E-state index in [0.717, 1.165) is 17.8 Å². The quantitative estimate of drug-likeness (QED) is 0.650. The van der Waals surface area contributed by atoms with Crippen LogP contribution in [0, 0.1) is 0 Å². The third kappa shape index (κ3) is 3.58. The molecule has 3 heterocycles. The number of hydrogen-bond donors (Lipinski definition) is 2. The standard InChI is InChI=1S/C26H30N4O2/c1-25(2)17-22(19-9-5-3-6-10-19)28-23-21(18-27-30(23)25)24(31)29-15-13-26(32,14-16-29)20-11-7-4-8-12-20/h3-12,18,22,28,32H,13-17H2,1-2H3. The van der Waals surface area contributed by atoms with E-state index in [4.69, 9.17) is 0 Å². The van der Waals surface area contributed by atoms with Crippen molar-refractivity contribution >= 4 is 11.7 Å². The van der Waals surface area contributed by atoms with Gasteiger partial charge in [0.1, 0.15) is 11.4 Å². The molecule has 0 saturated carbocycles. The first-order valence-corrected chi connectivity index (χ1v) is 11.3. The van der Waals surface area contributed by atoms with Crippen molar-refractivity contribution in [2.24, 2.45) is 0 Å². The molecule has 1 unspecified atom stereocenters. The zero-order chi connectivity index (χ0) is 22.3. The van der Waals surface area contributed by atoms with Gasteiger partial charge in [0.25, 0.3) is 5.91 Å². The molecule has 0 aliphatic carbocycles. The van der Waals surface area contributed by atoms with Gasteiger partial charge in [0, 0.05) is 13.1 Å². The van der Waals surface area contributed by atoms with Gasteiger partial charge in [-0.15, -0.1) is 0 Å². The number of likely N-dealkylation sites (tertiary alicyclic amines) is 1. The number of nitrogens with one attached hydrogen (secondary N) is 1. The zero-order valence-electron chi connectivity index (χ0n) is 18.7. The summed E-state index contributed by atoms with van der Waals surface area (Å²) in [5.41, 5.74) is 1.63. The molecular formula is C26H30N4O2. The Morgan fingerprint density at radius 1 is 1.03 bits per heavy atom. The minimum Gasteiger partial charge on any atom is -0.385 e. The Morgan fingerprint density at radius 2 is 1.66 bits per heavy atom. The fourth-order valence-corrected chi connectivity index (χ4v) is 5.08. The summed E-state index contributed by atoms with van der Waals surface area (Å²) in [6.07, 6.45) is 3.63. The molecule has 0 spiro atoms. The number of nitrogens with zero attached hydrogens (tertiary/aromatic N) is 3. The Bertz CT molecular complexity index is 1100. The number of amides is 1. The average molecular weight is 431 g/mol. The summed E-state index contributed by atoms with van der Waals surface area (Å²) in [6.45, 7) is 5.35. The molecule has 1 atom stereocenters. The third-order valence-corrected chi connectivity index (χ3v) is 6.98. The van der Waals surface area contributed by atoms with E-state index in [0.29, 0.717) is 31.5 Å². The van der Waals surface area contributed by atoms with Crippen molar-refractivity contribution in [3.63, 3.8) is 0 Å². The van der Waals surface area contributed by atoms with E-state index in [9.17, 15) is 9.90 Å². The van der Waals surface area contributed by atoms with Crippen LogP contribution < -0.4 is 5.32 Å². The average Bonchev–Trinajstić information content (AvgIpc) is 3.25. The van der Waals surface area contributed by atoms with Crippen LogP contribution in [0.5, 0.6) is 0 Å². The molecule has 32 heavy (non-hydrogen) atoms. The summed E-state index contributed by atoms with van der Waals surface area (Å²) >= 11 is 0. The topological polar surface area (TPSA) is 70.4 Å². The molecule has 2 aliphatic rings. The summed E-state index contributed by atoms with van der Waals surface area (Å²) in [4.78, 5) is 15.3. The van der Waals surface area contributed by atoms with E-state index in [1.165, 1.54) is 5.56 Å². The maximum Gasteiger partial charge on any atom is 0.259 e. The summed E-state index contributed by atoms with van der Waals surface area (Å²) in [7, 11) is 0. The van der Waals surface area contributed by atoms with Gasteiger partial charge >= 0.3 is 0 Å². The molecule has 1 saturated heterocycles. The van der Waals surface area contributed by atoms with Crippen molar-refractivity contribution in [3.8, 4) is 0 Å². The first-order chi connectivity index (χ1) is 15.4. The largest absolute Gasteiger partial charge is 0.385 e. The lowest BCUT2D eigenvalue weighted by molar-refractivity contribution is -0.0211. The zero-order valence-corrected chi connectivity index (χ0v) is 18.7. The van der Waals surface area contributed by atoms with Crippen molar-refractivity contribution in [2.75, 3.05) is 18.4 Å². The highest BCUT2D eigenvalue weighted by atomic mass is 16.3. The van der Waals surface area contributed by atoms with Gasteiger partial charge in [-0.25, -0.2) is 4.68 Å². The van der Waals surface area contributed by atoms with Crippen molar-refractivity contribution in [1.29, 1.82) is 0 Å². The number of rotatable bonds is 3. The number of hydrogen-bond acceptors (Lipinski definition) is 4. The van der Waals surface area contributed by atoms with Crippen LogP contribution >= 0.6 is 0 Å². The normalized spacial score (nSPS) is 21.5. The highest BCUT2D eigenvalue weighted by Crippen LogP contribution is 2.40. The van der Waals surface area contributed by atoms with Crippen LogP contribution in [0.2, 0.25) is 0 Å². The fourth-order valence-electron chi connectivity index (χ4n) is 5.08. The molecule has 5 rings (SSSR count). The lowest BCUT2D eigenvalue weighted by Crippen LogP contribution is -2.45. The van der Waals surface area contributed by atoms with Crippen molar-refractivity contribution < 1.29 is 9.90 Å². The van der Waals surface area contributed by atoms with E-state index in [1.807, 2.05) is 58.1 Å². The minimum atomic E-state index is -0.880. The molecule has 166 valence electrons. The number of carbonyl (C=O) groups is 1. The van der Waals surface area contributed by atoms with Crippen LogP contribution in [0.15, 0.2) is 66.9 Å². The summed E-state index contributed by atoms with van der Waals surface area (Å²) in [5, 5.41) is 19.3. The van der Waals surface area contributed by atoms with E-state index >= 15 is 0 Å². The fraction of sp³-hybridized carbons (Fsp3) is 0.385. The predicted molar refractivity (Wildman–Crippen MR) is 124 cm³/mol. The van der Waals surface area contributed by atoms with Crippen LogP contribution in [-0.4, -0.2) is 38.8 Å². The Hall–Kier alpha value is -3.12. The van der Waals surface area contributed by atoms with E-state index in [1.54, 1.807) is 6.20 Å². The summed E-state index contributed by atoms with van der Waals surface area (Å²) < 4.78 is 1.95. The molecule has 6 heteroatoms. The van der Waals surface area contributed by atoms with E-state index in [-0.39, 0.29) is 17.5 Å². The molecule has 6 nitrogen and oxygen atoms in total. The maximum absolute atomic E-state index is 13.5. The molecule has 0 bridgehead atoms. The van der Waals surface area contributed by atoms with Gasteiger partial charge in [0.2, 0.25) is 0 Å². The second kappa shape index (κ2) is 7.78. The number of fused-ring (bicyclic) bond motifs is 1. The van der Waals surface area contributed by atoms with Gasteiger partial charge in [-0.3, -0.25) is 4.79 Å². The Morgan fingerprint density at radius 3 is 2.31 bits per heavy atom. The summed E-state index contributed by atoms with van der Waals surface area (Å²) in [5.74, 6) is 0.752. The summed E-state index contributed by atoms with van der Waals surface area (Å²) in [6, 6.07) is 20.2. The van der Waals surface area contributed by atoms with E-state index < -0.39 is 5.60 Å². The van der Waals surface area contributed by atoms with Crippen molar-refractivity contribution in [1.82, 2.24) is 14.7 Å². The highest BCUT2D eigenvalue weighted by Gasteiger charge is 2.39. The Labute approximate surface area is 188 Å². The number of aromatic nitrogens is 2. The first kappa shape index (κ1) is 20.8. The van der Waals surface area contributed by atoms with Gasteiger partial charge in [-0.1, -0.05) is 60.7 Å². The molecular weight excluding hydrogens is 400 g/mol. The SMILES string of the molecule is CC1(C)CC(c2ccccc2)Nc2c(C(=O)N3CCC(O)(c4ccccc4)CC3)cnn21. The first-order valence-electron chi connectivity index (χ1n) is 11.3. The molecule has 1 aromatic heterocycles. The molecule has 0 radical (unpaired) electrons. The van der Waals surface area contributed by atoms with Crippen molar-refractivity contribution in [2.45, 2.75) is 50.3 Å². The highest BCUT2D eigenvalue weighted by molar-refractivity contribution is 5.99. The molecule has 1 fully saturated rings. The Kier molecular flexibility index (Phi) is 5.05. The lowest BCUT2D eigenvalue weighted by atomic mass is 9.84. The van der Waals surface area contributed by atoms with Crippen LogP contribution in [0.1, 0.15) is 60.6 Å². The van der Waals surface area contributed by atoms with Gasteiger partial charge < -0.3 is 15.3 Å². The number of piperidine rings is 1. The van der Waals surface area contributed by atoms with Crippen LogP contribution in [0.4, 0.5) is 5.82 Å². The molecule has 2 aliphatic heterocycles. The molecule has 3 aromatic rings. The van der Waals surface area contributed by atoms with E-state index in [2.05, 4.69) is 36.4 Å². The number of carbonyl (C=O) groups excluding carboxylic acids is 1. The van der Waals surface area contributed by atoms with Crippen LogP contribution in [0.25, 0.3) is 0 Å². The predicted octanol–water partition coefficient (Wildman–Crippen LogP) is 4.30. The molecule has 2 aromatic carbocycles. The lowest BCUT2D eigenvalue weighted by Gasteiger charge is -2.40. The van der Waals surface area contributed by atoms with Crippen molar-refractivity contribution in [3.05, 3.63) is 83.6 Å². The van der Waals surface area contributed by atoms with Gasteiger partial charge in [-0.2, -0.15) is 5.10 Å². The number of aliphatic hydroxyl groups is 1. The van der Waals surface area contributed by atoms with Gasteiger partial charge in [0.15, 0.2) is 0 Å². The second-order valence-electron chi connectivity index (χ2n) is 9.63. The van der Waals surface area contributed by atoms with Crippen LogP contribution in [0.3, 0.4) is 0 Å². The van der Waals surface area contributed by atoms with Crippen LogP contribution in [-0.2, 0) is 11.1 Å². The Balaban J connectivity index is 1.37. The third-order valence-electron chi connectivity index (χ3n) is 6.98. The molecule has 2 N–H and O–H groups in total. The van der Waals surface area contributed by atoms with Gasteiger partial charge in [0.05, 0.1) is 23.4 Å². The minimum absolute atomic E-state index is 0.0293. The monoisotopic (exact) mass is 430 g/mol.